The number of aromatic carboxylic acids is 1. The van der Waals surface area contributed by atoms with Crippen LogP contribution in [0.4, 0.5) is 0 Å². The molecule has 2 aliphatic rings. The highest BCUT2D eigenvalue weighted by Gasteiger charge is 2.35. The van der Waals surface area contributed by atoms with Gasteiger partial charge in [-0.2, -0.15) is 0 Å². The van der Waals surface area contributed by atoms with E-state index in [0.717, 1.165) is 45.4 Å². The van der Waals surface area contributed by atoms with Crippen LogP contribution in [0, 0.1) is 13.8 Å². The number of hydrogen-bond donors (Lipinski definition) is 5. The number of nitrogens with zero attached hydrogens (tertiary/aromatic N) is 2. The average molecular weight is 611 g/mol. The Morgan fingerprint density at radius 2 is 1.58 bits per heavy atom. The van der Waals surface area contributed by atoms with Crippen molar-refractivity contribution in [1.82, 2.24) is 19.9 Å². The fourth-order valence-electron chi connectivity index (χ4n) is 6.89. The van der Waals surface area contributed by atoms with Crippen LogP contribution in [0.5, 0.6) is 0 Å². The molecule has 2 aliphatic heterocycles. The molecule has 5 rings (SSSR count). The largest absolute Gasteiger partial charge is 0.481 e. The lowest BCUT2D eigenvalue weighted by atomic mass is 9.82. The van der Waals surface area contributed by atoms with E-state index in [2.05, 4.69) is 23.5 Å². The van der Waals surface area contributed by atoms with Crippen LogP contribution in [0.2, 0.25) is 0 Å². The number of carbonyl (C=O) groups is 3. The van der Waals surface area contributed by atoms with Gasteiger partial charge in [0, 0.05) is 51.6 Å². The predicted molar refractivity (Wildman–Crippen MR) is 173 cm³/mol. The summed E-state index contributed by atoms with van der Waals surface area (Å²) in [5.41, 5.74) is 9.39. The highest BCUT2D eigenvalue weighted by Crippen LogP contribution is 2.45. The van der Waals surface area contributed by atoms with Gasteiger partial charge in [-0.15, -0.1) is 0 Å². The third kappa shape index (κ3) is 5.56. The van der Waals surface area contributed by atoms with Gasteiger partial charge in [-0.1, -0.05) is 26.5 Å². The monoisotopic (exact) mass is 610 g/mol. The van der Waals surface area contributed by atoms with Crippen molar-refractivity contribution < 1.29 is 29.7 Å². The van der Waals surface area contributed by atoms with Crippen molar-refractivity contribution in [2.75, 3.05) is 0 Å². The quantitative estimate of drug-likeness (QED) is 0.171. The molecule has 10 nitrogen and oxygen atoms in total. The summed E-state index contributed by atoms with van der Waals surface area (Å²) in [5, 5.41) is 30.1. The summed E-state index contributed by atoms with van der Waals surface area (Å²) < 4.78 is 0. The number of allylic oxidation sites excluding steroid dienone is 3. The number of rotatable bonds is 9. The van der Waals surface area contributed by atoms with Gasteiger partial charge < -0.3 is 25.3 Å². The van der Waals surface area contributed by atoms with E-state index in [4.69, 9.17) is 9.97 Å². The Morgan fingerprint density at radius 3 is 2.18 bits per heavy atom. The molecule has 0 aromatic carbocycles. The van der Waals surface area contributed by atoms with Crippen molar-refractivity contribution in [2.24, 2.45) is 0 Å². The number of aromatic nitrogens is 4. The molecule has 0 amide bonds. The average Bonchev–Trinajstić information content (AvgIpc) is 3.67. The minimum atomic E-state index is -1.20. The number of H-pyrrole nitrogens is 2. The summed E-state index contributed by atoms with van der Waals surface area (Å²) >= 11 is 0. The highest BCUT2D eigenvalue weighted by molar-refractivity contribution is 6.02. The van der Waals surface area contributed by atoms with Gasteiger partial charge in [0.15, 0.2) is 0 Å². The van der Waals surface area contributed by atoms with Gasteiger partial charge in [-0.3, -0.25) is 14.6 Å². The normalized spacial score (nSPS) is 16.2. The van der Waals surface area contributed by atoms with E-state index in [1.165, 1.54) is 0 Å². The number of aliphatic carboxylic acids is 2. The Morgan fingerprint density at radius 1 is 0.867 bits per heavy atom. The summed E-state index contributed by atoms with van der Waals surface area (Å²) in [7, 11) is 0. The Hall–Kier alpha value is -4.99. The van der Waals surface area contributed by atoms with Crippen LogP contribution in [0.3, 0.4) is 0 Å². The molecule has 3 aromatic rings. The zero-order valence-electron chi connectivity index (χ0n) is 26.2. The number of nitrogens with one attached hydrogen (secondary N) is 2. The molecule has 0 unspecified atom stereocenters. The number of hydrogen-bond acceptors (Lipinski definition) is 5. The molecule has 0 spiro atoms. The number of carboxylic acid groups (broad SMARTS) is 3. The molecule has 3 aromatic heterocycles. The molecule has 234 valence electrons. The molecule has 0 saturated carbocycles. The van der Waals surface area contributed by atoms with E-state index in [-0.39, 0.29) is 35.4 Å². The number of fused-ring (bicyclic) bond motifs is 8. The number of aryl methyl sites for hydroxylation is 3. The van der Waals surface area contributed by atoms with Crippen molar-refractivity contribution in [2.45, 2.75) is 78.6 Å². The van der Waals surface area contributed by atoms with Gasteiger partial charge in [0.2, 0.25) is 0 Å². The maximum Gasteiger partial charge on any atom is 0.338 e. The molecule has 0 aliphatic carbocycles. The van der Waals surface area contributed by atoms with E-state index in [9.17, 15) is 29.7 Å². The van der Waals surface area contributed by atoms with Crippen LogP contribution >= 0.6 is 0 Å². The third-order valence-corrected chi connectivity index (χ3v) is 9.19. The molecule has 0 saturated heterocycles. The predicted octanol–water partition coefficient (Wildman–Crippen LogP) is 7.08. The van der Waals surface area contributed by atoms with E-state index in [1.54, 1.807) is 13.0 Å². The molecule has 2 atom stereocenters. The van der Waals surface area contributed by atoms with Gasteiger partial charge in [0.05, 0.1) is 34.6 Å². The first-order valence-corrected chi connectivity index (χ1v) is 15.2. The number of aromatic amines is 2. The second kappa shape index (κ2) is 12.2. The minimum Gasteiger partial charge on any atom is -0.481 e. The Kier molecular flexibility index (Phi) is 8.51. The molecule has 5 heterocycles. The lowest BCUT2D eigenvalue weighted by Gasteiger charge is -2.19. The van der Waals surface area contributed by atoms with Gasteiger partial charge >= 0.3 is 17.9 Å². The molecule has 0 fully saturated rings. The van der Waals surface area contributed by atoms with E-state index in [1.807, 2.05) is 39.0 Å². The van der Waals surface area contributed by atoms with Gasteiger partial charge in [-0.25, -0.2) is 9.78 Å². The topological polar surface area (TPSA) is 169 Å². The van der Waals surface area contributed by atoms with E-state index in [0.29, 0.717) is 34.6 Å². The van der Waals surface area contributed by atoms with Crippen LogP contribution in [0.15, 0.2) is 30.9 Å². The SMILES string of the molecule is C=CC1=C(C)c2cc3nc(c(CC(=O)O)c4[nH]c(cc5[nH]c(cc1n2)c(C)c5CC)c(C)c4C(=O)O)[C@@H](CCC(=O)O)[C@@H]3CC. The highest BCUT2D eigenvalue weighted by atomic mass is 16.4. The summed E-state index contributed by atoms with van der Waals surface area (Å²) in [6.07, 6.45) is 2.67. The lowest BCUT2D eigenvalue weighted by molar-refractivity contribution is -0.138. The van der Waals surface area contributed by atoms with Crippen molar-refractivity contribution in [3.63, 3.8) is 0 Å². The molecule has 5 N–H and O–H groups in total. The van der Waals surface area contributed by atoms with Crippen molar-refractivity contribution >= 4 is 51.1 Å². The number of carboxylic acids is 3. The van der Waals surface area contributed by atoms with Gasteiger partial charge in [-0.05, 0) is 80.5 Å². The molecule has 10 heteroatoms. The van der Waals surface area contributed by atoms with E-state index >= 15 is 0 Å². The first-order valence-electron chi connectivity index (χ1n) is 15.2. The zero-order valence-corrected chi connectivity index (χ0v) is 26.2. The zero-order chi connectivity index (χ0) is 32.7. The second-order valence-electron chi connectivity index (χ2n) is 11.7. The maximum absolute atomic E-state index is 12.7. The van der Waals surface area contributed by atoms with Crippen LogP contribution in [-0.4, -0.2) is 53.2 Å². The van der Waals surface area contributed by atoms with Crippen LogP contribution in [-0.2, 0) is 22.4 Å². The third-order valence-electron chi connectivity index (χ3n) is 9.19. The summed E-state index contributed by atoms with van der Waals surface area (Å²) in [5.74, 6) is -4.00. The molecular weight excluding hydrogens is 572 g/mol. The smallest absolute Gasteiger partial charge is 0.338 e. The molecular formula is C35H38N4O6. The molecule has 8 bridgehead atoms. The van der Waals surface area contributed by atoms with E-state index < -0.39 is 30.2 Å². The minimum absolute atomic E-state index is 0.0338. The van der Waals surface area contributed by atoms with Gasteiger partial charge in [0.1, 0.15) is 0 Å². The lowest BCUT2D eigenvalue weighted by Crippen LogP contribution is -2.12. The van der Waals surface area contributed by atoms with Crippen LogP contribution in [0.25, 0.3) is 33.2 Å². The second-order valence-corrected chi connectivity index (χ2v) is 11.7. The van der Waals surface area contributed by atoms with Gasteiger partial charge in [0.25, 0.3) is 0 Å². The fraction of sp³-hybridized carbons (Fsp3) is 0.343. The standard InChI is InChI=1S/C35H38N4O6/c1-7-19-17(5)25-14-29-21(9-3)22(10-11-30(40)41)33(39-29)23(12-31(42)43)34-32(35(44)45)18(6)26(38-34)15-28-20(8-2)16(4)24(36-28)13-27(19)37-25/h7,13-15,21-22,36,38H,1,8-12H2,2-6H3,(H,40,41)(H,42,43)(H,44,45)/t21-,22-/m0/s1. The Labute approximate surface area is 260 Å². The van der Waals surface area contributed by atoms with Crippen LogP contribution < -0.4 is 0 Å². The molecule has 0 radical (unpaired) electrons. The Bertz CT molecular complexity index is 1960. The first kappa shape index (κ1) is 31.4. The fourth-order valence-corrected chi connectivity index (χ4v) is 6.89. The summed E-state index contributed by atoms with van der Waals surface area (Å²) in [6.45, 7) is 13.8. The van der Waals surface area contributed by atoms with Crippen molar-refractivity contribution in [3.8, 4) is 0 Å². The van der Waals surface area contributed by atoms with Crippen molar-refractivity contribution in [1.29, 1.82) is 0 Å². The Balaban J connectivity index is 2.06. The van der Waals surface area contributed by atoms with Crippen molar-refractivity contribution in [3.05, 3.63) is 81.4 Å². The first-order chi connectivity index (χ1) is 21.4. The summed E-state index contributed by atoms with van der Waals surface area (Å²) in [4.78, 5) is 53.5. The summed E-state index contributed by atoms with van der Waals surface area (Å²) in [6, 6.07) is 5.75. The van der Waals surface area contributed by atoms with Crippen LogP contribution in [0.1, 0.15) is 107 Å². The maximum atomic E-state index is 12.7. The molecule has 45 heavy (non-hydrogen) atoms.